The number of carboxylic acids is 2. The van der Waals surface area contributed by atoms with Crippen LogP contribution in [0.15, 0.2) is 42.5 Å². The normalized spacial score (nSPS) is 10.2. The summed E-state index contributed by atoms with van der Waals surface area (Å²) in [6.45, 7) is 1.89. The molecule has 0 unspecified atom stereocenters. The fraction of sp³-hybridized carbons (Fsp3) is 0.0667. The molecule has 19 heavy (non-hydrogen) atoms. The molecule has 0 saturated carbocycles. The number of aryl methyl sites for hydroxylation is 1. The molecule has 0 aromatic heterocycles. The summed E-state index contributed by atoms with van der Waals surface area (Å²) in [6, 6.07) is 11.8. The van der Waals surface area contributed by atoms with Gasteiger partial charge in [-0.1, -0.05) is 42.0 Å². The molecule has 2 aromatic carbocycles. The number of aromatic carboxylic acids is 2. The molecular formula is C15H12O4. The highest BCUT2D eigenvalue weighted by Crippen LogP contribution is 2.27. The quantitative estimate of drug-likeness (QED) is 0.885. The summed E-state index contributed by atoms with van der Waals surface area (Å²) < 4.78 is 0. The van der Waals surface area contributed by atoms with E-state index in [1.807, 2.05) is 25.1 Å². The molecule has 0 fully saturated rings. The highest BCUT2D eigenvalue weighted by Gasteiger charge is 2.20. The first-order valence-corrected chi connectivity index (χ1v) is 5.67. The number of hydrogen-bond acceptors (Lipinski definition) is 2. The third-order valence-electron chi connectivity index (χ3n) is 2.84. The predicted molar refractivity (Wildman–Crippen MR) is 70.5 cm³/mol. The Hall–Kier alpha value is -2.62. The Morgan fingerprint density at radius 1 is 0.947 bits per heavy atom. The van der Waals surface area contributed by atoms with Crippen LogP contribution >= 0.6 is 0 Å². The highest BCUT2D eigenvalue weighted by molar-refractivity contribution is 6.06. The minimum atomic E-state index is -1.24. The molecule has 96 valence electrons. The molecule has 0 atom stereocenters. The summed E-state index contributed by atoms with van der Waals surface area (Å²) in [5.41, 5.74) is 1.71. The lowest BCUT2D eigenvalue weighted by atomic mass is 9.94. The van der Waals surface area contributed by atoms with Crippen molar-refractivity contribution in [3.63, 3.8) is 0 Å². The maximum Gasteiger partial charge on any atom is 0.337 e. The molecule has 0 heterocycles. The van der Waals surface area contributed by atoms with Gasteiger partial charge in [0.25, 0.3) is 0 Å². The molecule has 0 saturated heterocycles. The SMILES string of the molecule is Cc1cccc(-c2cccc(C(=O)O)c2C(=O)O)c1. The zero-order valence-electron chi connectivity index (χ0n) is 10.3. The van der Waals surface area contributed by atoms with Crippen LogP contribution in [0.1, 0.15) is 26.3 Å². The van der Waals surface area contributed by atoms with E-state index in [4.69, 9.17) is 5.11 Å². The van der Waals surface area contributed by atoms with Crippen LogP contribution in [0.4, 0.5) is 0 Å². The smallest absolute Gasteiger partial charge is 0.337 e. The monoisotopic (exact) mass is 256 g/mol. The van der Waals surface area contributed by atoms with Gasteiger partial charge in [-0.15, -0.1) is 0 Å². The Balaban J connectivity index is 2.73. The summed E-state index contributed by atoms with van der Waals surface area (Å²) in [5, 5.41) is 18.3. The van der Waals surface area contributed by atoms with Crippen LogP contribution in [0.2, 0.25) is 0 Å². The molecule has 0 amide bonds. The van der Waals surface area contributed by atoms with E-state index >= 15 is 0 Å². The fourth-order valence-electron chi connectivity index (χ4n) is 2.01. The molecule has 4 heteroatoms. The molecule has 0 aliphatic carbocycles. The average molecular weight is 256 g/mol. The second-order valence-electron chi connectivity index (χ2n) is 4.21. The topological polar surface area (TPSA) is 74.6 Å². The summed E-state index contributed by atoms with van der Waals surface area (Å²) in [6.07, 6.45) is 0. The summed E-state index contributed by atoms with van der Waals surface area (Å²) in [5.74, 6) is -2.48. The molecule has 2 aromatic rings. The maximum absolute atomic E-state index is 11.3. The van der Waals surface area contributed by atoms with Crippen molar-refractivity contribution in [1.82, 2.24) is 0 Å². The van der Waals surface area contributed by atoms with E-state index in [0.29, 0.717) is 11.1 Å². The van der Waals surface area contributed by atoms with Crippen molar-refractivity contribution in [2.75, 3.05) is 0 Å². The van der Waals surface area contributed by atoms with Gasteiger partial charge >= 0.3 is 11.9 Å². The number of carbonyl (C=O) groups is 2. The first-order chi connectivity index (χ1) is 9.00. The van der Waals surface area contributed by atoms with Gasteiger partial charge in [0, 0.05) is 0 Å². The Morgan fingerprint density at radius 3 is 2.21 bits per heavy atom. The van der Waals surface area contributed by atoms with Gasteiger partial charge in [0.1, 0.15) is 0 Å². The molecule has 4 nitrogen and oxygen atoms in total. The average Bonchev–Trinajstić information content (AvgIpc) is 2.37. The van der Waals surface area contributed by atoms with E-state index in [1.54, 1.807) is 18.2 Å². The lowest BCUT2D eigenvalue weighted by molar-refractivity contribution is 0.0652. The van der Waals surface area contributed by atoms with E-state index in [1.165, 1.54) is 6.07 Å². The number of rotatable bonds is 3. The summed E-state index contributed by atoms with van der Waals surface area (Å²) in [7, 11) is 0. The third-order valence-corrected chi connectivity index (χ3v) is 2.84. The molecule has 0 spiro atoms. The van der Waals surface area contributed by atoms with E-state index in [2.05, 4.69) is 0 Å². The molecule has 0 bridgehead atoms. The van der Waals surface area contributed by atoms with Crippen molar-refractivity contribution in [2.24, 2.45) is 0 Å². The Morgan fingerprint density at radius 2 is 1.63 bits per heavy atom. The minimum absolute atomic E-state index is 0.180. The second-order valence-corrected chi connectivity index (χ2v) is 4.21. The van der Waals surface area contributed by atoms with E-state index in [0.717, 1.165) is 5.56 Å². The fourth-order valence-corrected chi connectivity index (χ4v) is 2.01. The predicted octanol–water partition coefficient (Wildman–Crippen LogP) is 3.06. The van der Waals surface area contributed by atoms with Crippen LogP contribution < -0.4 is 0 Å². The third kappa shape index (κ3) is 2.47. The number of hydrogen-bond donors (Lipinski definition) is 2. The van der Waals surface area contributed by atoms with Gasteiger partial charge in [0.2, 0.25) is 0 Å². The lowest BCUT2D eigenvalue weighted by Gasteiger charge is -2.09. The van der Waals surface area contributed by atoms with Gasteiger partial charge in [-0.25, -0.2) is 9.59 Å². The van der Waals surface area contributed by atoms with Gasteiger partial charge in [-0.2, -0.15) is 0 Å². The van der Waals surface area contributed by atoms with Gasteiger partial charge < -0.3 is 10.2 Å². The zero-order chi connectivity index (χ0) is 14.0. The first kappa shape index (κ1) is 12.8. The van der Waals surface area contributed by atoms with Gasteiger partial charge in [0.15, 0.2) is 0 Å². The minimum Gasteiger partial charge on any atom is -0.478 e. The van der Waals surface area contributed by atoms with Crippen molar-refractivity contribution in [2.45, 2.75) is 6.92 Å². The van der Waals surface area contributed by atoms with Crippen LogP contribution in [0, 0.1) is 6.92 Å². The molecular weight excluding hydrogens is 244 g/mol. The standard InChI is InChI=1S/C15H12O4/c1-9-4-2-5-10(8-9)11-6-3-7-12(14(16)17)13(11)15(18)19/h2-8H,1H3,(H,16,17)(H,18,19). The van der Waals surface area contributed by atoms with Crippen molar-refractivity contribution in [1.29, 1.82) is 0 Å². The van der Waals surface area contributed by atoms with Gasteiger partial charge in [0.05, 0.1) is 11.1 Å². The molecule has 0 radical (unpaired) electrons. The van der Waals surface area contributed by atoms with Crippen molar-refractivity contribution >= 4 is 11.9 Å². The largest absolute Gasteiger partial charge is 0.478 e. The van der Waals surface area contributed by atoms with Gasteiger partial charge in [-0.05, 0) is 24.1 Å². The summed E-state index contributed by atoms with van der Waals surface area (Å²) in [4.78, 5) is 22.5. The van der Waals surface area contributed by atoms with Crippen molar-refractivity contribution in [3.05, 3.63) is 59.2 Å². The van der Waals surface area contributed by atoms with E-state index in [9.17, 15) is 14.7 Å². The number of benzene rings is 2. The Labute approximate surface area is 109 Å². The van der Waals surface area contributed by atoms with E-state index in [-0.39, 0.29) is 11.1 Å². The Kier molecular flexibility index (Phi) is 3.33. The molecule has 0 aliphatic heterocycles. The van der Waals surface area contributed by atoms with E-state index < -0.39 is 11.9 Å². The second kappa shape index (κ2) is 4.94. The molecule has 2 N–H and O–H groups in total. The molecule has 2 rings (SSSR count). The number of carboxylic acid groups (broad SMARTS) is 2. The van der Waals surface area contributed by atoms with Gasteiger partial charge in [-0.3, -0.25) is 0 Å². The van der Waals surface area contributed by atoms with Crippen molar-refractivity contribution < 1.29 is 19.8 Å². The Bertz CT molecular complexity index is 659. The summed E-state index contributed by atoms with van der Waals surface area (Å²) >= 11 is 0. The first-order valence-electron chi connectivity index (χ1n) is 5.67. The van der Waals surface area contributed by atoms with Crippen LogP contribution in [0.3, 0.4) is 0 Å². The van der Waals surface area contributed by atoms with Crippen LogP contribution in [0.5, 0.6) is 0 Å². The maximum atomic E-state index is 11.3. The van der Waals surface area contributed by atoms with Crippen LogP contribution in [-0.4, -0.2) is 22.2 Å². The lowest BCUT2D eigenvalue weighted by Crippen LogP contribution is -2.09. The van der Waals surface area contributed by atoms with Crippen LogP contribution in [0.25, 0.3) is 11.1 Å². The molecule has 0 aliphatic rings. The van der Waals surface area contributed by atoms with Crippen molar-refractivity contribution in [3.8, 4) is 11.1 Å². The van der Waals surface area contributed by atoms with Crippen LogP contribution in [-0.2, 0) is 0 Å². The highest BCUT2D eigenvalue weighted by atomic mass is 16.4. The zero-order valence-corrected chi connectivity index (χ0v) is 10.3.